The Morgan fingerprint density at radius 3 is 2.67 bits per heavy atom. The number of nitrogens with two attached hydrogens (primary N) is 2. The number of benzene rings is 1. The molecule has 0 bridgehead atoms. The molecule has 24 heavy (non-hydrogen) atoms. The zero-order chi connectivity index (χ0) is 16.4. The van der Waals surface area contributed by atoms with Crippen molar-refractivity contribution in [3.05, 3.63) is 64.7 Å². The van der Waals surface area contributed by atoms with Crippen molar-refractivity contribution in [2.75, 3.05) is 0 Å². The van der Waals surface area contributed by atoms with Gasteiger partial charge in [0.2, 0.25) is 5.96 Å². The first-order chi connectivity index (χ1) is 11.1. The molecular weight excluding hydrogens is 329 g/mol. The Morgan fingerprint density at radius 1 is 1.21 bits per heavy atom. The fourth-order valence-electron chi connectivity index (χ4n) is 3.04. The molecule has 1 aromatic heterocycles. The fraction of sp³-hybridized carbons (Fsp3) is 0.235. The summed E-state index contributed by atoms with van der Waals surface area (Å²) in [6, 6.07) is 8.73. The van der Waals surface area contributed by atoms with Crippen LogP contribution < -0.4 is 11.5 Å². The quantitative estimate of drug-likeness (QED) is 0.497. The summed E-state index contributed by atoms with van der Waals surface area (Å²) in [6.07, 6.45) is 2.99. The highest BCUT2D eigenvalue weighted by atomic mass is 35.5. The van der Waals surface area contributed by atoms with Gasteiger partial charge in [-0.2, -0.15) is 5.10 Å². The zero-order valence-electron chi connectivity index (χ0n) is 13.2. The van der Waals surface area contributed by atoms with E-state index in [1.54, 1.807) is 18.3 Å². The molecule has 5 nitrogen and oxygen atoms in total. The highest BCUT2D eigenvalue weighted by Gasteiger charge is 2.28. The van der Waals surface area contributed by atoms with E-state index in [1.165, 1.54) is 6.07 Å². The predicted octanol–water partition coefficient (Wildman–Crippen LogP) is 2.66. The van der Waals surface area contributed by atoms with E-state index in [0.29, 0.717) is 18.4 Å². The van der Waals surface area contributed by atoms with Gasteiger partial charge in [0.05, 0.1) is 11.4 Å². The number of nitrogens with zero attached hydrogens (tertiary/aromatic N) is 3. The van der Waals surface area contributed by atoms with Crippen molar-refractivity contribution in [2.45, 2.75) is 25.7 Å². The normalized spacial score (nSPS) is 17.8. The minimum atomic E-state index is -0.213. The predicted molar refractivity (Wildman–Crippen MR) is 96.0 cm³/mol. The Labute approximate surface area is 146 Å². The Morgan fingerprint density at radius 2 is 1.96 bits per heavy atom. The fourth-order valence-corrected chi connectivity index (χ4v) is 3.04. The van der Waals surface area contributed by atoms with Crippen LogP contribution in [0.15, 0.2) is 46.7 Å². The average Bonchev–Trinajstić information content (AvgIpc) is 2.53. The third-order valence-corrected chi connectivity index (χ3v) is 4.04. The van der Waals surface area contributed by atoms with Gasteiger partial charge in [-0.05, 0) is 48.9 Å². The lowest BCUT2D eigenvalue weighted by molar-refractivity contribution is 0.572. The van der Waals surface area contributed by atoms with Crippen molar-refractivity contribution in [3.63, 3.8) is 0 Å². The van der Waals surface area contributed by atoms with Crippen molar-refractivity contribution in [1.29, 1.82) is 0 Å². The number of rotatable bonds is 2. The van der Waals surface area contributed by atoms with E-state index >= 15 is 0 Å². The highest BCUT2D eigenvalue weighted by molar-refractivity contribution is 6.04. The van der Waals surface area contributed by atoms with Gasteiger partial charge in [0, 0.05) is 11.8 Å². The average molecular weight is 348 g/mol. The lowest BCUT2D eigenvalue weighted by Crippen LogP contribution is -2.24. The Balaban J connectivity index is 0.00000208. The van der Waals surface area contributed by atoms with Crippen molar-refractivity contribution in [1.82, 2.24) is 4.98 Å². The van der Waals surface area contributed by atoms with Crippen LogP contribution in [0.5, 0.6) is 0 Å². The first kappa shape index (κ1) is 17.9. The van der Waals surface area contributed by atoms with E-state index in [4.69, 9.17) is 11.5 Å². The van der Waals surface area contributed by atoms with Crippen LogP contribution in [0.25, 0.3) is 0 Å². The summed E-state index contributed by atoms with van der Waals surface area (Å²) in [5.41, 5.74) is 15.1. The molecule has 1 heterocycles. The van der Waals surface area contributed by atoms with Crippen LogP contribution >= 0.6 is 12.4 Å². The third kappa shape index (κ3) is 3.54. The summed E-state index contributed by atoms with van der Waals surface area (Å²) in [6.45, 7) is 2.00. The number of hydrogen-bond donors (Lipinski definition) is 2. The maximum absolute atomic E-state index is 14.1. The second kappa shape index (κ2) is 7.40. The minimum Gasteiger partial charge on any atom is -0.369 e. The maximum atomic E-state index is 14.1. The van der Waals surface area contributed by atoms with Crippen molar-refractivity contribution >= 4 is 24.1 Å². The van der Waals surface area contributed by atoms with Crippen molar-refractivity contribution < 1.29 is 4.39 Å². The van der Waals surface area contributed by atoms with Gasteiger partial charge >= 0.3 is 0 Å². The summed E-state index contributed by atoms with van der Waals surface area (Å²) in [5, 5.41) is 7.96. The molecule has 0 aliphatic heterocycles. The second-order valence-electron chi connectivity index (χ2n) is 5.65. The lowest BCUT2D eigenvalue weighted by Gasteiger charge is -2.26. The van der Waals surface area contributed by atoms with E-state index < -0.39 is 0 Å². The third-order valence-electron chi connectivity index (χ3n) is 4.04. The van der Waals surface area contributed by atoms with Crippen molar-refractivity contribution in [2.24, 2.45) is 21.7 Å². The molecule has 0 fully saturated rings. The molecule has 1 aliphatic carbocycles. The van der Waals surface area contributed by atoms with Gasteiger partial charge < -0.3 is 11.5 Å². The number of fused-ring (bicyclic) bond motifs is 1. The molecule has 0 amide bonds. The van der Waals surface area contributed by atoms with E-state index in [1.807, 2.05) is 19.1 Å². The van der Waals surface area contributed by atoms with Gasteiger partial charge in [-0.1, -0.05) is 18.2 Å². The first-order valence-corrected chi connectivity index (χ1v) is 7.41. The van der Waals surface area contributed by atoms with Gasteiger partial charge in [-0.25, -0.2) is 4.39 Å². The van der Waals surface area contributed by atoms with Crippen LogP contribution in [0.2, 0.25) is 0 Å². The van der Waals surface area contributed by atoms with Gasteiger partial charge in [0.25, 0.3) is 0 Å². The van der Waals surface area contributed by atoms with Crippen molar-refractivity contribution in [3.8, 4) is 0 Å². The van der Waals surface area contributed by atoms with E-state index in [9.17, 15) is 4.39 Å². The molecule has 0 radical (unpaired) electrons. The van der Waals surface area contributed by atoms with E-state index in [-0.39, 0.29) is 30.1 Å². The largest absolute Gasteiger partial charge is 0.369 e. The van der Waals surface area contributed by atoms with Crippen LogP contribution in [-0.2, 0) is 6.42 Å². The number of guanidine groups is 1. The Bertz CT molecular complexity index is 799. The molecule has 1 aliphatic rings. The van der Waals surface area contributed by atoms with Crippen LogP contribution in [0.1, 0.15) is 34.7 Å². The molecule has 3 rings (SSSR count). The smallest absolute Gasteiger partial charge is 0.211 e. The first-order valence-electron chi connectivity index (χ1n) is 7.41. The lowest BCUT2D eigenvalue weighted by atomic mass is 9.80. The highest BCUT2D eigenvalue weighted by Crippen LogP contribution is 2.34. The molecule has 7 heteroatoms. The number of pyridine rings is 1. The van der Waals surface area contributed by atoms with Gasteiger partial charge in [-0.3, -0.25) is 4.98 Å². The van der Waals surface area contributed by atoms with E-state index in [0.717, 1.165) is 22.5 Å². The van der Waals surface area contributed by atoms with Gasteiger partial charge in [-0.15, -0.1) is 17.5 Å². The topological polar surface area (TPSA) is 89.6 Å². The Hall–Kier alpha value is -2.47. The van der Waals surface area contributed by atoms with Gasteiger partial charge in [0.1, 0.15) is 5.82 Å². The van der Waals surface area contributed by atoms with Crippen LogP contribution in [0, 0.1) is 12.7 Å². The summed E-state index contributed by atoms with van der Waals surface area (Å²) in [4.78, 5) is 4.45. The summed E-state index contributed by atoms with van der Waals surface area (Å²) < 4.78 is 14.1. The maximum Gasteiger partial charge on any atom is 0.211 e. The summed E-state index contributed by atoms with van der Waals surface area (Å²) in [5.74, 6) is -0.352. The molecule has 0 saturated heterocycles. The zero-order valence-corrected chi connectivity index (χ0v) is 14.1. The van der Waals surface area contributed by atoms with Crippen LogP contribution in [-0.4, -0.2) is 16.7 Å². The molecule has 4 N–H and O–H groups in total. The molecule has 0 spiro atoms. The van der Waals surface area contributed by atoms with Crippen LogP contribution in [0.4, 0.5) is 4.39 Å². The molecule has 0 saturated carbocycles. The van der Waals surface area contributed by atoms with Gasteiger partial charge in [0.15, 0.2) is 0 Å². The molecule has 2 aromatic rings. The Kier molecular flexibility index (Phi) is 5.51. The number of halogens is 2. The standard InChI is InChI=1S/C17H18FN5.ClH/c1-10-6-7-21-14-8-11(12-4-2-3-5-13(12)18)9-15(16(10)14)22-23-17(19)20;/h2-7,11H,8-9H2,1H3,(H4,19,20,23);1H/b22-15-;. The SMILES string of the molecule is Cc1ccnc2c1/C(=N\N=C(N)N)CC(c1ccccc1F)C2.Cl. The number of hydrogen-bond acceptors (Lipinski definition) is 3. The second-order valence-corrected chi connectivity index (χ2v) is 5.65. The molecular formula is C17H19ClFN5. The van der Waals surface area contributed by atoms with E-state index in [2.05, 4.69) is 15.2 Å². The monoisotopic (exact) mass is 347 g/mol. The number of aromatic nitrogens is 1. The minimum absolute atomic E-state index is 0. The summed E-state index contributed by atoms with van der Waals surface area (Å²) >= 11 is 0. The molecule has 1 atom stereocenters. The number of aryl methyl sites for hydroxylation is 1. The molecule has 1 aromatic carbocycles. The van der Waals surface area contributed by atoms with Crippen LogP contribution in [0.3, 0.4) is 0 Å². The molecule has 1 unspecified atom stereocenters. The summed E-state index contributed by atoms with van der Waals surface area (Å²) in [7, 11) is 0. The molecule has 126 valence electrons.